The van der Waals surface area contributed by atoms with Gasteiger partial charge < -0.3 is 15.4 Å². The van der Waals surface area contributed by atoms with Crippen molar-refractivity contribution in [1.29, 1.82) is 0 Å². The number of fused-ring (bicyclic) bond motifs is 3. The lowest BCUT2D eigenvalue weighted by Crippen LogP contribution is -2.21. The lowest BCUT2D eigenvalue weighted by molar-refractivity contribution is 0.306. The average molecular weight is 365 g/mol. The summed E-state index contributed by atoms with van der Waals surface area (Å²) >= 11 is 0. The lowest BCUT2D eigenvalue weighted by Gasteiger charge is -2.19. The summed E-state index contributed by atoms with van der Waals surface area (Å²) in [5.74, 6) is 1.61. The van der Waals surface area contributed by atoms with Crippen molar-refractivity contribution in [3.8, 4) is 16.9 Å². The molecule has 0 spiro atoms. The highest BCUT2D eigenvalue weighted by molar-refractivity contribution is 5.81. The highest BCUT2D eigenvalue weighted by Crippen LogP contribution is 2.46. The Morgan fingerprint density at radius 3 is 2.70 bits per heavy atom. The predicted molar refractivity (Wildman–Crippen MR) is 114 cm³/mol. The molecule has 2 aliphatic rings. The second kappa shape index (κ2) is 8.79. The normalized spacial score (nSPS) is 21.1. The van der Waals surface area contributed by atoms with E-state index in [1.165, 1.54) is 54.5 Å². The van der Waals surface area contributed by atoms with Gasteiger partial charge in [0.15, 0.2) is 0 Å². The Morgan fingerprint density at radius 1 is 0.926 bits per heavy atom. The number of unbranched alkanes of at least 4 members (excludes halogenated alkanes) is 3. The molecule has 3 nitrogen and oxygen atoms in total. The average Bonchev–Trinajstić information content (AvgIpc) is 2.89. The standard InChI is InChI=1S/C24H32N2O/c1-2-3-4-7-17-27-23-12-6-5-9-18(23)19-10-8-11-22-24(19)20-13-15-25-16-14-21(20)26-22/h5-6,8-12,20-21,25-26H,2-4,7,13-17H2,1H3/t20-,21+/m1/s1. The second-order valence-corrected chi connectivity index (χ2v) is 7.86. The molecule has 2 heterocycles. The second-order valence-electron chi connectivity index (χ2n) is 7.86. The number of anilines is 1. The van der Waals surface area contributed by atoms with Gasteiger partial charge in [-0.05, 0) is 55.6 Å². The van der Waals surface area contributed by atoms with Crippen molar-refractivity contribution in [2.75, 3.05) is 25.0 Å². The van der Waals surface area contributed by atoms with Crippen LogP contribution >= 0.6 is 0 Å². The SMILES string of the molecule is CCCCCCOc1ccccc1-c1cccc2c1[C@@H]1CCNCC[C@@H]1N2. The fraction of sp³-hybridized carbons (Fsp3) is 0.500. The van der Waals surface area contributed by atoms with Gasteiger partial charge in [-0.1, -0.05) is 56.5 Å². The summed E-state index contributed by atoms with van der Waals surface area (Å²) in [5, 5.41) is 7.35. The van der Waals surface area contributed by atoms with Crippen LogP contribution in [0.3, 0.4) is 0 Å². The van der Waals surface area contributed by atoms with Crippen LogP contribution in [0, 0.1) is 0 Å². The lowest BCUT2D eigenvalue weighted by atomic mass is 9.85. The smallest absolute Gasteiger partial charge is 0.127 e. The number of nitrogens with one attached hydrogen (secondary N) is 2. The van der Waals surface area contributed by atoms with E-state index in [-0.39, 0.29) is 0 Å². The summed E-state index contributed by atoms with van der Waals surface area (Å²) in [4.78, 5) is 0. The number of hydrogen-bond acceptors (Lipinski definition) is 3. The molecule has 0 saturated carbocycles. The van der Waals surface area contributed by atoms with Crippen molar-refractivity contribution < 1.29 is 4.74 Å². The van der Waals surface area contributed by atoms with Crippen molar-refractivity contribution in [1.82, 2.24) is 5.32 Å². The van der Waals surface area contributed by atoms with Crippen LogP contribution in [0.2, 0.25) is 0 Å². The maximum Gasteiger partial charge on any atom is 0.127 e. The molecule has 27 heavy (non-hydrogen) atoms. The third-order valence-corrected chi connectivity index (χ3v) is 6.00. The Kier molecular flexibility index (Phi) is 5.98. The molecular formula is C24H32N2O. The predicted octanol–water partition coefficient (Wildman–Crippen LogP) is 5.57. The minimum Gasteiger partial charge on any atom is -0.493 e. The molecule has 4 rings (SSSR count). The van der Waals surface area contributed by atoms with Crippen LogP contribution in [0.15, 0.2) is 42.5 Å². The number of hydrogen-bond donors (Lipinski definition) is 2. The van der Waals surface area contributed by atoms with E-state index in [4.69, 9.17) is 4.74 Å². The van der Waals surface area contributed by atoms with Crippen molar-refractivity contribution in [2.24, 2.45) is 0 Å². The van der Waals surface area contributed by atoms with Gasteiger partial charge in [0.25, 0.3) is 0 Å². The molecular weight excluding hydrogens is 332 g/mol. The van der Waals surface area contributed by atoms with Gasteiger partial charge in [0, 0.05) is 23.2 Å². The van der Waals surface area contributed by atoms with Crippen molar-refractivity contribution in [3.05, 3.63) is 48.0 Å². The summed E-state index contributed by atoms with van der Waals surface area (Å²) in [5.41, 5.74) is 5.40. The van der Waals surface area contributed by atoms with Gasteiger partial charge in [0.1, 0.15) is 5.75 Å². The van der Waals surface area contributed by atoms with Gasteiger partial charge in [-0.3, -0.25) is 0 Å². The Hall–Kier alpha value is -2.00. The largest absolute Gasteiger partial charge is 0.493 e. The monoisotopic (exact) mass is 364 g/mol. The maximum absolute atomic E-state index is 6.23. The Balaban J connectivity index is 1.61. The van der Waals surface area contributed by atoms with Gasteiger partial charge in [0.05, 0.1) is 6.61 Å². The molecule has 1 fully saturated rings. The molecule has 0 bridgehead atoms. The number of rotatable bonds is 7. The highest BCUT2D eigenvalue weighted by atomic mass is 16.5. The van der Waals surface area contributed by atoms with Crippen molar-refractivity contribution >= 4 is 5.69 Å². The van der Waals surface area contributed by atoms with Crippen molar-refractivity contribution in [2.45, 2.75) is 57.4 Å². The quantitative estimate of drug-likeness (QED) is 0.630. The van der Waals surface area contributed by atoms with E-state index in [1.807, 2.05) is 0 Å². The number of benzene rings is 2. The molecule has 3 heteroatoms. The van der Waals surface area contributed by atoms with Crippen LogP contribution in [-0.2, 0) is 0 Å². The topological polar surface area (TPSA) is 33.3 Å². The van der Waals surface area contributed by atoms with E-state index in [0.717, 1.165) is 31.9 Å². The van der Waals surface area contributed by atoms with E-state index in [0.29, 0.717) is 12.0 Å². The number of ether oxygens (including phenoxy) is 1. The zero-order valence-electron chi connectivity index (χ0n) is 16.5. The highest BCUT2D eigenvalue weighted by Gasteiger charge is 2.35. The first kappa shape index (κ1) is 18.4. The molecule has 0 aliphatic carbocycles. The Morgan fingerprint density at radius 2 is 1.78 bits per heavy atom. The summed E-state index contributed by atoms with van der Waals surface area (Å²) < 4.78 is 6.23. The van der Waals surface area contributed by atoms with Crippen LogP contribution < -0.4 is 15.4 Å². The zero-order chi connectivity index (χ0) is 18.5. The number of para-hydroxylation sites is 1. The van der Waals surface area contributed by atoms with Gasteiger partial charge in [-0.2, -0.15) is 0 Å². The fourth-order valence-corrected chi connectivity index (χ4v) is 4.61. The van der Waals surface area contributed by atoms with Crippen LogP contribution in [0.25, 0.3) is 11.1 Å². The molecule has 1 saturated heterocycles. The molecule has 0 unspecified atom stereocenters. The summed E-state index contributed by atoms with van der Waals surface area (Å²) in [7, 11) is 0. The summed E-state index contributed by atoms with van der Waals surface area (Å²) in [6.07, 6.45) is 7.32. The maximum atomic E-state index is 6.23. The minimum absolute atomic E-state index is 0.554. The van der Waals surface area contributed by atoms with E-state index in [9.17, 15) is 0 Å². The van der Waals surface area contributed by atoms with E-state index >= 15 is 0 Å². The summed E-state index contributed by atoms with van der Waals surface area (Å²) in [6, 6.07) is 15.8. The van der Waals surface area contributed by atoms with Gasteiger partial charge in [0.2, 0.25) is 0 Å². The Bertz CT molecular complexity index is 758. The molecule has 144 valence electrons. The van der Waals surface area contributed by atoms with Crippen LogP contribution in [-0.4, -0.2) is 25.7 Å². The first-order chi connectivity index (χ1) is 13.4. The van der Waals surface area contributed by atoms with Crippen molar-refractivity contribution in [3.63, 3.8) is 0 Å². The first-order valence-electron chi connectivity index (χ1n) is 10.7. The third kappa shape index (κ3) is 3.98. The molecule has 2 aliphatic heterocycles. The van der Waals surface area contributed by atoms with Crippen LogP contribution in [0.1, 0.15) is 56.9 Å². The molecule has 0 aromatic heterocycles. The van der Waals surface area contributed by atoms with E-state index < -0.39 is 0 Å². The fourth-order valence-electron chi connectivity index (χ4n) is 4.61. The van der Waals surface area contributed by atoms with Gasteiger partial charge >= 0.3 is 0 Å². The molecule has 2 aromatic carbocycles. The summed E-state index contributed by atoms with van der Waals surface area (Å²) in [6.45, 7) is 5.26. The van der Waals surface area contributed by atoms with Crippen LogP contribution in [0.4, 0.5) is 5.69 Å². The van der Waals surface area contributed by atoms with E-state index in [2.05, 4.69) is 60.0 Å². The van der Waals surface area contributed by atoms with Gasteiger partial charge in [-0.25, -0.2) is 0 Å². The van der Waals surface area contributed by atoms with Crippen LogP contribution in [0.5, 0.6) is 5.75 Å². The minimum atomic E-state index is 0.554. The zero-order valence-corrected chi connectivity index (χ0v) is 16.5. The third-order valence-electron chi connectivity index (χ3n) is 6.00. The molecule has 0 radical (unpaired) electrons. The molecule has 2 atom stereocenters. The molecule has 2 N–H and O–H groups in total. The van der Waals surface area contributed by atoms with Gasteiger partial charge in [-0.15, -0.1) is 0 Å². The molecule has 0 amide bonds. The molecule has 2 aromatic rings. The van der Waals surface area contributed by atoms with E-state index in [1.54, 1.807) is 0 Å². The Labute approximate surface area is 163 Å². The first-order valence-corrected chi connectivity index (χ1v) is 10.7.